The topological polar surface area (TPSA) is 71.7 Å². The average Bonchev–Trinajstić information content (AvgIpc) is 2.96. The zero-order chi connectivity index (χ0) is 18.8. The Morgan fingerprint density at radius 1 is 1.15 bits per heavy atom. The molecule has 0 bridgehead atoms. The van der Waals surface area contributed by atoms with Crippen LogP contribution in [0.2, 0.25) is 0 Å². The summed E-state index contributed by atoms with van der Waals surface area (Å²) in [4.78, 5) is 26.7. The normalized spacial score (nSPS) is 14.6. The van der Waals surface area contributed by atoms with Gasteiger partial charge in [0.2, 0.25) is 0 Å². The van der Waals surface area contributed by atoms with E-state index in [0.717, 1.165) is 18.2 Å². The number of hydrogen-bond donors (Lipinski definition) is 1. The first-order valence-electron chi connectivity index (χ1n) is 9.11. The van der Waals surface area contributed by atoms with Crippen LogP contribution in [-0.2, 0) is 12.8 Å². The van der Waals surface area contributed by atoms with Gasteiger partial charge in [0.05, 0.1) is 16.2 Å². The van der Waals surface area contributed by atoms with E-state index < -0.39 is 5.63 Å². The zero-order valence-corrected chi connectivity index (χ0v) is 15.9. The van der Waals surface area contributed by atoms with Crippen LogP contribution < -0.4 is 11.1 Å². The van der Waals surface area contributed by atoms with Gasteiger partial charge in [-0.15, -0.1) is 11.3 Å². The summed E-state index contributed by atoms with van der Waals surface area (Å²) in [5.74, 6) is -0.238. The molecular formula is C21H20N2O3S. The fourth-order valence-electron chi connectivity index (χ4n) is 3.34. The molecule has 0 radical (unpaired) electrons. The van der Waals surface area contributed by atoms with Gasteiger partial charge in [0.1, 0.15) is 5.58 Å². The molecule has 2 heterocycles. The van der Waals surface area contributed by atoms with Crippen molar-refractivity contribution in [3.05, 3.63) is 67.7 Å². The van der Waals surface area contributed by atoms with Crippen molar-refractivity contribution in [1.82, 2.24) is 5.43 Å². The van der Waals surface area contributed by atoms with E-state index >= 15 is 0 Å². The molecule has 138 valence electrons. The number of thiophene rings is 1. The first-order valence-corrected chi connectivity index (χ1v) is 9.93. The average molecular weight is 380 g/mol. The highest BCUT2D eigenvalue weighted by Crippen LogP contribution is 2.28. The number of nitrogens with zero attached hydrogens (tertiary/aromatic N) is 1. The zero-order valence-electron chi connectivity index (χ0n) is 15.1. The lowest BCUT2D eigenvalue weighted by atomic mass is 10.1. The van der Waals surface area contributed by atoms with E-state index in [0.29, 0.717) is 21.7 Å². The Labute approximate surface area is 160 Å². The second kappa shape index (κ2) is 7.48. The second-order valence-corrected chi connectivity index (χ2v) is 7.88. The van der Waals surface area contributed by atoms with Crippen molar-refractivity contribution < 1.29 is 9.21 Å². The van der Waals surface area contributed by atoms with Crippen LogP contribution in [0.3, 0.4) is 0 Å². The van der Waals surface area contributed by atoms with Crippen molar-refractivity contribution in [1.29, 1.82) is 0 Å². The third-order valence-corrected chi connectivity index (χ3v) is 6.06. The SMILES string of the molecule is C/C(=N/NC(=O)c1cc2c(s1)CCCCC2)c1cc2ccccc2oc1=O. The van der Waals surface area contributed by atoms with Gasteiger partial charge in [-0.05, 0) is 56.4 Å². The maximum atomic E-state index is 12.5. The van der Waals surface area contributed by atoms with Crippen molar-refractivity contribution in [2.75, 3.05) is 0 Å². The van der Waals surface area contributed by atoms with E-state index in [4.69, 9.17) is 4.42 Å². The summed E-state index contributed by atoms with van der Waals surface area (Å²) in [6, 6.07) is 11.0. The molecule has 0 fully saturated rings. The number of rotatable bonds is 3. The maximum absolute atomic E-state index is 12.5. The van der Waals surface area contributed by atoms with E-state index in [1.165, 1.54) is 29.7 Å². The smallest absolute Gasteiger partial charge is 0.345 e. The molecule has 0 aliphatic heterocycles. The highest BCUT2D eigenvalue weighted by molar-refractivity contribution is 7.14. The molecule has 1 N–H and O–H groups in total. The number of benzene rings is 1. The Hall–Kier alpha value is -2.73. The van der Waals surface area contributed by atoms with Gasteiger partial charge >= 0.3 is 5.63 Å². The van der Waals surface area contributed by atoms with Gasteiger partial charge in [-0.3, -0.25) is 4.79 Å². The van der Waals surface area contributed by atoms with E-state index in [2.05, 4.69) is 10.5 Å². The molecule has 0 saturated heterocycles. The summed E-state index contributed by atoms with van der Waals surface area (Å²) >= 11 is 1.55. The summed E-state index contributed by atoms with van der Waals surface area (Å²) in [5.41, 5.74) is 4.69. The molecule has 0 spiro atoms. The van der Waals surface area contributed by atoms with Gasteiger partial charge in [0.25, 0.3) is 5.91 Å². The van der Waals surface area contributed by atoms with Crippen LogP contribution in [0.15, 0.2) is 50.7 Å². The quantitative estimate of drug-likeness (QED) is 0.319. The Balaban J connectivity index is 1.55. The lowest BCUT2D eigenvalue weighted by Gasteiger charge is -2.03. The Bertz CT molecular complexity index is 1070. The van der Waals surface area contributed by atoms with Crippen LogP contribution in [0.5, 0.6) is 0 Å². The number of fused-ring (bicyclic) bond motifs is 2. The molecule has 5 nitrogen and oxygen atoms in total. The van der Waals surface area contributed by atoms with Crippen molar-refractivity contribution in [3.8, 4) is 0 Å². The number of hydrazone groups is 1. The van der Waals surface area contributed by atoms with Crippen molar-refractivity contribution in [2.45, 2.75) is 39.0 Å². The molecule has 0 saturated carbocycles. The fraction of sp³-hybridized carbons (Fsp3) is 0.286. The fourth-order valence-corrected chi connectivity index (χ4v) is 4.49. The molecule has 0 unspecified atom stereocenters. The highest BCUT2D eigenvalue weighted by atomic mass is 32.1. The minimum atomic E-state index is -0.466. The monoisotopic (exact) mass is 380 g/mol. The third kappa shape index (κ3) is 3.71. The lowest BCUT2D eigenvalue weighted by Crippen LogP contribution is -2.20. The Morgan fingerprint density at radius 3 is 2.85 bits per heavy atom. The minimum Gasteiger partial charge on any atom is -0.422 e. The molecule has 1 aliphatic rings. The van der Waals surface area contributed by atoms with Crippen LogP contribution in [-0.4, -0.2) is 11.6 Å². The number of nitrogens with one attached hydrogen (secondary N) is 1. The van der Waals surface area contributed by atoms with Crippen LogP contribution in [0.1, 0.15) is 51.9 Å². The number of aryl methyl sites for hydroxylation is 2. The first-order chi connectivity index (χ1) is 13.1. The Kier molecular flexibility index (Phi) is 4.90. The largest absolute Gasteiger partial charge is 0.422 e. The van der Waals surface area contributed by atoms with Crippen LogP contribution >= 0.6 is 11.3 Å². The molecule has 1 aromatic carbocycles. The molecule has 1 amide bonds. The van der Waals surface area contributed by atoms with Crippen LogP contribution in [0.4, 0.5) is 0 Å². The number of para-hydroxylation sites is 1. The van der Waals surface area contributed by atoms with E-state index in [1.54, 1.807) is 30.4 Å². The van der Waals surface area contributed by atoms with Crippen molar-refractivity contribution in [2.24, 2.45) is 5.10 Å². The van der Waals surface area contributed by atoms with Gasteiger partial charge in [0, 0.05) is 10.3 Å². The summed E-state index contributed by atoms with van der Waals surface area (Å²) in [6.07, 6.45) is 5.71. The molecule has 3 aromatic rings. The summed E-state index contributed by atoms with van der Waals surface area (Å²) < 4.78 is 5.33. The minimum absolute atomic E-state index is 0.238. The molecule has 27 heavy (non-hydrogen) atoms. The van der Waals surface area contributed by atoms with Gasteiger partial charge in [-0.25, -0.2) is 10.2 Å². The Morgan fingerprint density at radius 2 is 1.96 bits per heavy atom. The number of amides is 1. The number of hydrogen-bond acceptors (Lipinski definition) is 5. The van der Waals surface area contributed by atoms with Crippen molar-refractivity contribution >= 4 is 33.9 Å². The van der Waals surface area contributed by atoms with Gasteiger partial charge in [0.15, 0.2) is 0 Å². The predicted molar refractivity (Wildman–Crippen MR) is 108 cm³/mol. The molecule has 1 aliphatic carbocycles. The maximum Gasteiger partial charge on any atom is 0.345 e. The lowest BCUT2D eigenvalue weighted by molar-refractivity contribution is 0.0959. The molecule has 6 heteroatoms. The summed E-state index contributed by atoms with van der Waals surface area (Å²) in [6.45, 7) is 1.69. The van der Waals surface area contributed by atoms with E-state index in [1.807, 2.05) is 24.3 Å². The van der Waals surface area contributed by atoms with E-state index in [9.17, 15) is 9.59 Å². The van der Waals surface area contributed by atoms with Crippen LogP contribution in [0.25, 0.3) is 11.0 Å². The van der Waals surface area contributed by atoms with E-state index in [-0.39, 0.29) is 5.91 Å². The molecule has 0 atom stereocenters. The third-order valence-electron chi connectivity index (χ3n) is 4.83. The number of carbonyl (C=O) groups excluding carboxylic acids is 1. The van der Waals surface area contributed by atoms with Gasteiger partial charge in [-0.2, -0.15) is 5.10 Å². The first kappa shape index (κ1) is 17.7. The highest BCUT2D eigenvalue weighted by Gasteiger charge is 2.16. The van der Waals surface area contributed by atoms with Crippen molar-refractivity contribution in [3.63, 3.8) is 0 Å². The predicted octanol–water partition coefficient (Wildman–Crippen LogP) is 4.28. The number of carbonyl (C=O) groups is 1. The summed E-state index contributed by atoms with van der Waals surface area (Å²) in [5, 5.41) is 4.94. The second-order valence-electron chi connectivity index (χ2n) is 6.74. The van der Waals surface area contributed by atoms with Gasteiger partial charge < -0.3 is 4.42 Å². The molecule has 4 rings (SSSR count). The van der Waals surface area contributed by atoms with Gasteiger partial charge in [-0.1, -0.05) is 24.6 Å². The standard InChI is InChI=1S/C21H20N2O3S/c1-13(16-11-14-7-5-6-9-17(14)26-21(16)25)22-23-20(24)19-12-15-8-3-2-4-10-18(15)27-19/h5-7,9,11-12H,2-4,8,10H2,1H3,(H,23,24)/b22-13-. The molecule has 2 aromatic heterocycles. The molecular weight excluding hydrogens is 360 g/mol. The van der Waals surface area contributed by atoms with Crippen LogP contribution in [0, 0.1) is 0 Å². The summed E-state index contributed by atoms with van der Waals surface area (Å²) in [7, 11) is 0.